The van der Waals surface area contributed by atoms with Crippen molar-refractivity contribution in [1.29, 1.82) is 0 Å². The second kappa shape index (κ2) is 10.4. The number of aliphatic carboxylic acids is 1. The summed E-state index contributed by atoms with van der Waals surface area (Å²) in [5.74, 6) is -3.64. The molecule has 0 fully saturated rings. The van der Waals surface area contributed by atoms with Crippen molar-refractivity contribution in [3.63, 3.8) is 0 Å². The third-order valence-corrected chi connectivity index (χ3v) is 5.21. The van der Waals surface area contributed by atoms with Crippen LogP contribution in [0, 0.1) is 0 Å². The summed E-state index contributed by atoms with van der Waals surface area (Å²) in [4.78, 5) is 34.6. The Morgan fingerprint density at radius 2 is 1.58 bits per heavy atom. The molecule has 0 aliphatic heterocycles. The molecule has 0 atom stereocenters. The summed E-state index contributed by atoms with van der Waals surface area (Å²) in [6, 6.07) is 13.5. The number of phenols is 1. The number of benzene rings is 3. The molecule has 0 saturated carbocycles. The topological polar surface area (TPSA) is 125 Å². The van der Waals surface area contributed by atoms with Crippen molar-refractivity contribution in [2.24, 2.45) is 0 Å². The van der Waals surface area contributed by atoms with Gasteiger partial charge in [0.2, 0.25) is 0 Å². The molecule has 170 valence electrons. The Bertz CT molecular complexity index is 1230. The van der Waals surface area contributed by atoms with E-state index in [9.17, 15) is 19.5 Å². The quantitative estimate of drug-likeness (QED) is 0.343. The molecule has 4 N–H and O–H groups in total. The monoisotopic (exact) mass is 508 g/mol. The molecule has 0 heterocycles. The number of carbonyl (C=O) groups is 3. The van der Waals surface area contributed by atoms with Crippen LogP contribution in [0.15, 0.2) is 54.6 Å². The highest BCUT2D eigenvalue weighted by Gasteiger charge is 2.18. The second-order valence-electron chi connectivity index (χ2n) is 6.58. The zero-order chi connectivity index (χ0) is 24.1. The highest BCUT2D eigenvalue weighted by atomic mass is 35.5. The van der Waals surface area contributed by atoms with Gasteiger partial charge in [-0.05, 0) is 42.0 Å². The smallest absolute Gasteiger partial charge is 0.394 e. The first-order valence-electron chi connectivity index (χ1n) is 9.21. The summed E-state index contributed by atoms with van der Waals surface area (Å²) in [5.41, 5.74) is 0.695. The molecule has 0 bridgehead atoms. The Morgan fingerprint density at radius 3 is 2.21 bits per heavy atom. The average Bonchev–Trinajstić information content (AvgIpc) is 2.76. The van der Waals surface area contributed by atoms with Crippen LogP contribution in [0.1, 0.15) is 15.9 Å². The van der Waals surface area contributed by atoms with Gasteiger partial charge in [0.1, 0.15) is 11.5 Å². The predicted molar refractivity (Wildman–Crippen MR) is 124 cm³/mol. The first-order chi connectivity index (χ1) is 15.7. The van der Waals surface area contributed by atoms with Gasteiger partial charge >= 0.3 is 11.9 Å². The molecular weight excluding hydrogens is 495 g/mol. The number of phenolic OH excluding ortho intramolecular Hbond substituents is 1. The standard InChI is InChI=1S/C22H15Cl3N2O6/c23-15-4-2-1-3-11(15)10-26-20(29)14-9-13(5-6-18(14)28)33-19-16(24)7-12(8-17(19)25)27-21(30)22(31)32/h1-9,28H,10H2,(H,26,29)(H,27,30)(H,31,32). The van der Waals surface area contributed by atoms with E-state index in [1.165, 1.54) is 30.3 Å². The number of anilines is 1. The van der Waals surface area contributed by atoms with Crippen molar-refractivity contribution >= 4 is 58.3 Å². The number of hydrogen-bond donors (Lipinski definition) is 4. The number of halogens is 3. The summed E-state index contributed by atoms with van der Waals surface area (Å²) in [7, 11) is 0. The lowest BCUT2D eigenvalue weighted by molar-refractivity contribution is -0.147. The van der Waals surface area contributed by atoms with E-state index in [0.29, 0.717) is 10.6 Å². The van der Waals surface area contributed by atoms with Crippen molar-refractivity contribution < 1.29 is 29.3 Å². The lowest BCUT2D eigenvalue weighted by atomic mass is 10.1. The number of hydrogen-bond acceptors (Lipinski definition) is 5. The largest absolute Gasteiger partial charge is 0.507 e. The maximum atomic E-state index is 12.6. The minimum atomic E-state index is -1.67. The van der Waals surface area contributed by atoms with Gasteiger partial charge in [-0.25, -0.2) is 4.79 Å². The maximum Gasteiger partial charge on any atom is 0.394 e. The lowest BCUT2D eigenvalue weighted by Crippen LogP contribution is -2.23. The van der Waals surface area contributed by atoms with Gasteiger partial charge in [0.25, 0.3) is 5.91 Å². The number of carboxylic acid groups (broad SMARTS) is 1. The lowest BCUT2D eigenvalue weighted by Gasteiger charge is -2.13. The van der Waals surface area contributed by atoms with Crippen molar-refractivity contribution in [1.82, 2.24) is 5.32 Å². The summed E-state index contributed by atoms with van der Waals surface area (Å²) >= 11 is 18.4. The minimum absolute atomic E-state index is 0.000211. The van der Waals surface area contributed by atoms with E-state index in [1.54, 1.807) is 24.3 Å². The summed E-state index contributed by atoms with van der Waals surface area (Å²) in [5, 5.41) is 24.0. The maximum absolute atomic E-state index is 12.6. The van der Waals surface area contributed by atoms with Crippen molar-refractivity contribution in [3.8, 4) is 17.2 Å². The number of ether oxygens (including phenoxy) is 1. The van der Waals surface area contributed by atoms with E-state index < -0.39 is 17.8 Å². The van der Waals surface area contributed by atoms with E-state index in [1.807, 2.05) is 0 Å². The molecule has 8 nitrogen and oxygen atoms in total. The van der Waals surface area contributed by atoms with Gasteiger partial charge in [-0.3, -0.25) is 9.59 Å². The zero-order valence-electron chi connectivity index (χ0n) is 16.6. The molecule has 33 heavy (non-hydrogen) atoms. The molecular formula is C22H15Cl3N2O6. The predicted octanol–water partition coefficient (Wildman–Crippen LogP) is 5.10. The Hall–Kier alpha value is -3.46. The minimum Gasteiger partial charge on any atom is -0.507 e. The Morgan fingerprint density at radius 1 is 0.909 bits per heavy atom. The highest BCUT2D eigenvalue weighted by molar-refractivity contribution is 6.39. The average molecular weight is 510 g/mol. The molecule has 0 aliphatic carbocycles. The number of carboxylic acids is 1. The van der Waals surface area contributed by atoms with Crippen molar-refractivity contribution in [2.45, 2.75) is 6.54 Å². The summed E-state index contributed by atoms with van der Waals surface area (Å²) < 4.78 is 5.67. The van der Waals surface area contributed by atoms with Crippen LogP contribution in [0.2, 0.25) is 15.1 Å². The first-order valence-corrected chi connectivity index (χ1v) is 10.3. The second-order valence-corrected chi connectivity index (χ2v) is 7.80. The van der Waals surface area contributed by atoms with Gasteiger partial charge in [-0.1, -0.05) is 53.0 Å². The first kappa shape index (κ1) is 24.2. The van der Waals surface area contributed by atoms with Gasteiger partial charge in [0.05, 0.1) is 15.6 Å². The Kier molecular flexibility index (Phi) is 7.65. The molecule has 0 aromatic heterocycles. The Labute approximate surface area is 202 Å². The van der Waals surface area contributed by atoms with E-state index in [-0.39, 0.29) is 45.1 Å². The van der Waals surface area contributed by atoms with Gasteiger partial charge in [-0.15, -0.1) is 0 Å². The summed E-state index contributed by atoms with van der Waals surface area (Å²) in [6.45, 7) is 0.143. The van der Waals surface area contributed by atoms with E-state index in [0.717, 1.165) is 0 Å². The Balaban J connectivity index is 1.78. The molecule has 0 aliphatic rings. The normalized spacial score (nSPS) is 10.4. The van der Waals surface area contributed by atoms with Crippen LogP contribution >= 0.6 is 34.8 Å². The molecule has 0 saturated heterocycles. The van der Waals surface area contributed by atoms with Crippen LogP contribution < -0.4 is 15.4 Å². The van der Waals surface area contributed by atoms with Gasteiger partial charge in [0.15, 0.2) is 5.75 Å². The molecule has 0 radical (unpaired) electrons. The highest BCUT2D eigenvalue weighted by Crippen LogP contribution is 2.39. The number of aromatic hydroxyl groups is 1. The van der Waals surface area contributed by atoms with Crippen molar-refractivity contribution in [3.05, 3.63) is 80.8 Å². The number of amides is 2. The molecule has 0 unspecified atom stereocenters. The molecule has 2 amide bonds. The fraction of sp³-hybridized carbons (Fsp3) is 0.0455. The molecule has 3 rings (SSSR count). The van der Waals surface area contributed by atoms with Crippen LogP contribution in [0.5, 0.6) is 17.2 Å². The number of rotatable bonds is 6. The van der Waals surface area contributed by atoms with Crippen LogP contribution in [0.4, 0.5) is 5.69 Å². The van der Waals surface area contributed by atoms with Gasteiger partial charge in [0, 0.05) is 17.3 Å². The SMILES string of the molecule is O=C(O)C(=O)Nc1cc(Cl)c(Oc2ccc(O)c(C(=O)NCc3ccccc3Cl)c2)c(Cl)c1. The van der Waals surface area contributed by atoms with Crippen LogP contribution in [0.25, 0.3) is 0 Å². The van der Waals surface area contributed by atoms with Crippen LogP contribution in [-0.2, 0) is 16.1 Å². The van der Waals surface area contributed by atoms with Crippen molar-refractivity contribution in [2.75, 3.05) is 5.32 Å². The summed E-state index contributed by atoms with van der Waals surface area (Å²) in [6.07, 6.45) is 0. The third-order valence-electron chi connectivity index (χ3n) is 4.28. The van der Waals surface area contributed by atoms with E-state index in [2.05, 4.69) is 10.6 Å². The molecule has 3 aromatic rings. The number of carbonyl (C=O) groups excluding carboxylic acids is 2. The van der Waals surface area contributed by atoms with Gasteiger partial charge in [-0.2, -0.15) is 0 Å². The van der Waals surface area contributed by atoms with Crippen LogP contribution in [0.3, 0.4) is 0 Å². The third kappa shape index (κ3) is 6.07. The van der Waals surface area contributed by atoms with E-state index in [4.69, 9.17) is 44.6 Å². The number of nitrogens with one attached hydrogen (secondary N) is 2. The van der Waals surface area contributed by atoms with Crippen LogP contribution in [-0.4, -0.2) is 28.0 Å². The molecule has 11 heteroatoms. The fourth-order valence-corrected chi connectivity index (χ4v) is 3.47. The zero-order valence-corrected chi connectivity index (χ0v) is 18.8. The van der Waals surface area contributed by atoms with E-state index >= 15 is 0 Å². The molecule has 0 spiro atoms. The van der Waals surface area contributed by atoms with Gasteiger partial charge < -0.3 is 25.6 Å². The fourth-order valence-electron chi connectivity index (χ4n) is 2.70. The molecule has 3 aromatic carbocycles.